The molecule has 0 atom stereocenters. The van der Waals surface area contributed by atoms with E-state index in [1.54, 1.807) is 6.92 Å². The van der Waals surface area contributed by atoms with E-state index in [9.17, 15) is 8.78 Å². The van der Waals surface area contributed by atoms with Crippen molar-refractivity contribution < 1.29 is 8.78 Å². The number of aromatic nitrogens is 1. The molecular weight excluding hydrogens is 218 g/mol. The molecule has 0 saturated heterocycles. The summed E-state index contributed by atoms with van der Waals surface area (Å²) in [5, 5.41) is 1.13. The average Bonchev–Trinajstić information content (AvgIpc) is 2.50. The van der Waals surface area contributed by atoms with Crippen LogP contribution in [-0.4, -0.2) is 4.98 Å². The van der Waals surface area contributed by atoms with Crippen molar-refractivity contribution in [3.8, 4) is 11.3 Å². The normalized spacial score (nSPS) is 10.6. The van der Waals surface area contributed by atoms with Crippen molar-refractivity contribution in [2.45, 2.75) is 6.92 Å². The highest BCUT2D eigenvalue weighted by atomic mass is 32.1. The third-order valence-corrected chi connectivity index (χ3v) is 2.77. The van der Waals surface area contributed by atoms with Crippen LogP contribution in [0.25, 0.3) is 11.3 Å². The van der Waals surface area contributed by atoms with Crippen LogP contribution in [0.15, 0.2) is 18.2 Å². The van der Waals surface area contributed by atoms with Crippen LogP contribution in [0.3, 0.4) is 0 Å². The largest absolute Gasteiger partial charge is 0.389 e. The van der Waals surface area contributed by atoms with E-state index in [1.807, 2.05) is 0 Å². The Labute approximate surface area is 89.4 Å². The first-order chi connectivity index (χ1) is 7.09. The van der Waals surface area contributed by atoms with Gasteiger partial charge in [0.15, 0.2) is 11.6 Å². The lowest BCUT2D eigenvalue weighted by Crippen LogP contribution is -1.92. The van der Waals surface area contributed by atoms with Crippen LogP contribution in [0.4, 0.5) is 13.8 Å². The van der Waals surface area contributed by atoms with Crippen LogP contribution in [0.5, 0.6) is 0 Å². The Morgan fingerprint density at radius 1 is 1.33 bits per heavy atom. The fourth-order valence-corrected chi connectivity index (χ4v) is 2.03. The first-order valence-electron chi connectivity index (χ1n) is 4.27. The summed E-state index contributed by atoms with van der Waals surface area (Å²) in [6.07, 6.45) is 0. The Balaban J connectivity index is 2.64. The molecule has 0 unspecified atom stereocenters. The number of nitrogen functional groups attached to an aromatic ring is 1. The molecule has 2 N–H and O–H groups in total. The monoisotopic (exact) mass is 226 g/mol. The third kappa shape index (κ3) is 1.70. The molecule has 1 aromatic heterocycles. The maximum Gasteiger partial charge on any atom is 0.168 e. The number of hydrogen-bond acceptors (Lipinski definition) is 3. The summed E-state index contributed by atoms with van der Waals surface area (Å²) >= 11 is 1.26. The molecule has 0 saturated carbocycles. The van der Waals surface area contributed by atoms with Crippen molar-refractivity contribution >= 4 is 16.3 Å². The smallest absolute Gasteiger partial charge is 0.168 e. The Kier molecular flexibility index (Phi) is 2.40. The average molecular weight is 226 g/mol. The molecule has 0 aliphatic heterocycles. The van der Waals surface area contributed by atoms with Crippen molar-refractivity contribution in [2.75, 3.05) is 5.73 Å². The van der Waals surface area contributed by atoms with E-state index in [1.165, 1.54) is 23.5 Å². The van der Waals surface area contributed by atoms with Crippen molar-refractivity contribution in [1.29, 1.82) is 0 Å². The molecule has 2 aromatic rings. The molecule has 0 aliphatic carbocycles. The molecule has 0 spiro atoms. The maximum absolute atomic E-state index is 13.4. The van der Waals surface area contributed by atoms with Crippen molar-refractivity contribution in [3.05, 3.63) is 34.8 Å². The SMILES string of the molecule is Cc1nc(-c2cccc(F)c2F)c(N)s1. The minimum Gasteiger partial charge on any atom is -0.389 e. The van der Waals surface area contributed by atoms with Gasteiger partial charge < -0.3 is 5.73 Å². The van der Waals surface area contributed by atoms with E-state index in [0.29, 0.717) is 10.7 Å². The second-order valence-electron chi connectivity index (χ2n) is 3.05. The predicted octanol–water partition coefficient (Wildman–Crippen LogP) is 2.98. The standard InChI is InChI=1S/C10H8F2N2S/c1-5-14-9(10(13)15-5)6-3-2-4-7(11)8(6)12/h2-4H,13H2,1H3. The molecule has 2 rings (SSSR count). The van der Waals surface area contributed by atoms with E-state index in [-0.39, 0.29) is 5.56 Å². The first kappa shape index (κ1) is 10.0. The quantitative estimate of drug-likeness (QED) is 0.811. The summed E-state index contributed by atoms with van der Waals surface area (Å²) in [6, 6.07) is 3.96. The Morgan fingerprint density at radius 2 is 2.07 bits per heavy atom. The van der Waals surface area contributed by atoms with Gasteiger partial charge in [-0.3, -0.25) is 0 Å². The van der Waals surface area contributed by atoms with Gasteiger partial charge in [0, 0.05) is 5.56 Å². The number of rotatable bonds is 1. The minimum atomic E-state index is -0.908. The highest BCUT2D eigenvalue weighted by molar-refractivity contribution is 7.16. The van der Waals surface area contributed by atoms with Gasteiger partial charge in [-0.1, -0.05) is 6.07 Å². The second-order valence-corrected chi connectivity index (χ2v) is 4.28. The fraction of sp³-hybridized carbons (Fsp3) is 0.100. The number of halogens is 2. The van der Waals surface area contributed by atoms with Crippen molar-refractivity contribution in [1.82, 2.24) is 4.98 Å². The molecule has 0 radical (unpaired) electrons. The second kappa shape index (κ2) is 3.58. The lowest BCUT2D eigenvalue weighted by Gasteiger charge is -2.01. The zero-order valence-corrected chi connectivity index (χ0v) is 8.74. The van der Waals surface area contributed by atoms with Crippen LogP contribution in [0.2, 0.25) is 0 Å². The summed E-state index contributed by atoms with van der Waals surface area (Å²) in [7, 11) is 0. The van der Waals surface area contributed by atoms with E-state index in [2.05, 4.69) is 4.98 Å². The topological polar surface area (TPSA) is 38.9 Å². The van der Waals surface area contributed by atoms with Gasteiger partial charge in [-0.25, -0.2) is 13.8 Å². The molecule has 0 fully saturated rings. The van der Waals surface area contributed by atoms with E-state index in [0.717, 1.165) is 11.1 Å². The molecular formula is C10H8F2N2S. The first-order valence-corrected chi connectivity index (χ1v) is 5.08. The number of anilines is 1. The molecule has 5 heteroatoms. The molecule has 1 aromatic carbocycles. The molecule has 0 bridgehead atoms. The number of nitrogens with zero attached hydrogens (tertiary/aromatic N) is 1. The number of thiazole rings is 1. The zero-order valence-electron chi connectivity index (χ0n) is 7.92. The Hall–Kier alpha value is -1.49. The van der Waals surface area contributed by atoms with Gasteiger partial charge in [-0.15, -0.1) is 11.3 Å². The Bertz CT molecular complexity index is 508. The summed E-state index contributed by atoms with van der Waals surface area (Å²) in [5.74, 6) is -1.80. The van der Waals surface area contributed by atoms with Gasteiger partial charge in [0.1, 0.15) is 10.7 Å². The van der Waals surface area contributed by atoms with Crippen LogP contribution in [0.1, 0.15) is 5.01 Å². The molecule has 2 nitrogen and oxygen atoms in total. The van der Waals surface area contributed by atoms with Crippen LogP contribution < -0.4 is 5.73 Å². The summed E-state index contributed by atoms with van der Waals surface area (Å²) in [6.45, 7) is 1.77. The van der Waals surface area contributed by atoms with E-state index in [4.69, 9.17) is 5.73 Å². The molecule has 15 heavy (non-hydrogen) atoms. The number of nitrogens with two attached hydrogens (primary N) is 1. The van der Waals surface area contributed by atoms with E-state index >= 15 is 0 Å². The van der Waals surface area contributed by atoms with E-state index < -0.39 is 11.6 Å². The lowest BCUT2D eigenvalue weighted by atomic mass is 10.1. The van der Waals surface area contributed by atoms with Crippen molar-refractivity contribution in [2.24, 2.45) is 0 Å². The summed E-state index contributed by atoms with van der Waals surface area (Å²) < 4.78 is 26.4. The highest BCUT2D eigenvalue weighted by Crippen LogP contribution is 2.32. The fourth-order valence-electron chi connectivity index (χ4n) is 1.32. The molecule has 0 aliphatic rings. The van der Waals surface area contributed by atoms with Gasteiger partial charge >= 0.3 is 0 Å². The van der Waals surface area contributed by atoms with Gasteiger partial charge in [0.2, 0.25) is 0 Å². The molecule has 1 heterocycles. The maximum atomic E-state index is 13.4. The lowest BCUT2D eigenvalue weighted by molar-refractivity contribution is 0.511. The number of hydrogen-bond donors (Lipinski definition) is 1. The van der Waals surface area contributed by atoms with Crippen LogP contribution in [0, 0.1) is 18.6 Å². The van der Waals surface area contributed by atoms with Gasteiger partial charge in [0.25, 0.3) is 0 Å². The Morgan fingerprint density at radius 3 is 2.67 bits per heavy atom. The molecule has 0 amide bonds. The predicted molar refractivity (Wildman–Crippen MR) is 56.6 cm³/mol. The summed E-state index contributed by atoms with van der Waals surface area (Å²) in [4.78, 5) is 4.07. The third-order valence-electron chi connectivity index (χ3n) is 1.97. The van der Waals surface area contributed by atoms with Crippen LogP contribution in [-0.2, 0) is 0 Å². The number of benzene rings is 1. The number of aryl methyl sites for hydroxylation is 1. The minimum absolute atomic E-state index is 0.108. The van der Waals surface area contributed by atoms with Gasteiger partial charge in [-0.2, -0.15) is 0 Å². The zero-order chi connectivity index (χ0) is 11.0. The van der Waals surface area contributed by atoms with Crippen LogP contribution >= 0.6 is 11.3 Å². The highest BCUT2D eigenvalue weighted by Gasteiger charge is 2.15. The van der Waals surface area contributed by atoms with Gasteiger partial charge in [-0.05, 0) is 19.1 Å². The van der Waals surface area contributed by atoms with Crippen molar-refractivity contribution in [3.63, 3.8) is 0 Å². The molecule has 78 valence electrons. The van der Waals surface area contributed by atoms with Gasteiger partial charge in [0.05, 0.1) is 5.01 Å². The summed E-state index contributed by atoms with van der Waals surface area (Å²) in [5.41, 5.74) is 6.08.